The third-order valence-corrected chi connectivity index (χ3v) is 5.25. The molecule has 116 valence electrons. The number of hydrogen-bond acceptors (Lipinski definition) is 4. The Labute approximate surface area is 127 Å². The van der Waals surface area contributed by atoms with Crippen molar-refractivity contribution in [3.8, 4) is 5.75 Å². The molecular weight excluding hydrogens is 264 g/mol. The quantitative estimate of drug-likeness (QED) is 0.919. The summed E-state index contributed by atoms with van der Waals surface area (Å²) in [4.78, 5) is 4.79. The number of rotatable bonds is 3. The minimum Gasteiger partial charge on any atom is -0.497 e. The topological polar surface area (TPSA) is 35.9 Å². The monoisotopic (exact) mass is 290 g/mol. The van der Waals surface area contributed by atoms with Crippen molar-refractivity contribution in [3.05, 3.63) is 29.3 Å². The van der Waals surface area contributed by atoms with Crippen molar-refractivity contribution >= 4 is 0 Å². The second-order valence-electron chi connectivity index (χ2n) is 6.48. The van der Waals surface area contributed by atoms with Gasteiger partial charge in [0.25, 0.3) is 0 Å². The summed E-state index contributed by atoms with van der Waals surface area (Å²) in [6, 6.07) is 6.85. The van der Waals surface area contributed by atoms with Gasteiger partial charge in [0, 0.05) is 12.1 Å². The van der Waals surface area contributed by atoms with Crippen LogP contribution >= 0.6 is 0 Å². The molecule has 0 radical (unpaired) electrons. The molecule has 21 heavy (non-hydrogen) atoms. The number of benzene rings is 1. The van der Waals surface area contributed by atoms with Crippen molar-refractivity contribution in [3.63, 3.8) is 0 Å². The summed E-state index contributed by atoms with van der Waals surface area (Å²) in [6.07, 6.45) is 2.91. The molecule has 2 aliphatic rings. The van der Waals surface area contributed by atoms with Gasteiger partial charge in [-0.05, 0) is 69.7 Å². The van der Waals surface area contributed by atoms with Crippen LogP contribution in [0.25, 0.3) is 0 Å². The molecular formula is C17H26N2O2. The van der Waals surface area contributed by atoms with Gasteiger partial charge in [0.05, 0.1) is 13.2 Å². The normalized spacial score (nSPS) is 27.1. The van der Waals surface area contributed by atoms with Crippen molar-refractivity contribution in [2.24, 2.45) is 0 Å². The molecule has 4 heteroatoms. The molecule has 0 saturated carbocycles. The Kier molecular flexibility index (Phi) is 4.20. The molecule has 1 aliphatic carbocycles. The van der Waals surface area contributed by atoms with E-state index in [1.54, 1.807) is 7.11 Å². The maximum Gasteiger partial charge on any atom is 0.119 e. The summed E-state index contributed by atoms with van der Waals surface area (Å²) in [7, 11) is 6.03. The van der Waals surface area contributed by atoms with Gasteiger partial charge in [-0.1, -0.05) is 6.07 Å². The van der Waals surface area contributed by atoms with Crippen LogP contribution < -0.4 is 4.74 Å². The Bertz CT molecular complexity index is 498. The van der Waals surface area contributed by atoms with E-state index in [1.165, 1.54) is 18.4 Å². The van der Waals surface area contributed by atoms with Crippen LogP contribution in [0.3, 0.4) is 0 Å². The van der Waals surface area contributed by atoms with Crippen molar-refractivity contribution in [1.29, 1.82) is 0 Å². The van der Waals surface area contributed by atoms with Crippen LogP contribution in [0.5, 0.6) is 5.75 Å². The summed E-state index contributed by atoms with van der Waals surface area (Å²) in [5.74, 6) is 0.829. The highest BCUT2D eigenvalue weighted by atomic mass is 16.5. The fourth-order valence-electron chi connectivity index (χ4n) is 3.75. The molecule has 2 unspecified atom stereocenters. The SMILES string of the molecule is COc1ccc2c(c1)C(O)C(N(C)C1CCN(C)CC1)C2. The number of fused-ring (bicyclic) bond motifs is 1. The third-order valence-electron chi connectivity index (χ3n) is 5.25. The molecule has 3 rings (SSSR count). The van der Waals surface area contributed by atoms with Gasteiger partial charge < -0.3 is 14.7 Å². The van der Waals surface area contributed by atoms with E-state index in [2.05, 4.69) is 30.0 Å². The van der Waals surface area contributed by atoms with Crippen LogP contribution in [-0.4, -0.2) is 61.3 Å². The maximum absolute atomic E-state index is 10.7. The van der Waals surface area contributed by atoms with Gasteiger partial charge in [-0.3, -0.25) is 4.90 Å². The Balaban J connectivity index is 1.73. The Morgan fingerprint density at radius 3 is 2.67 bits per heavy atom. The number of aliphatic hydroxyl groups is 1. The summed E-state index contributed by atoms with van der Waals surface area (Å²) in [6.45, 7) is 2.30. The number of likely N-dealkylation sites (N-methyl/N-ethyl adjacent to an activating group) is 1. The molecule has 4 nitrogen and oxygen atoms in total. The van der Waals surface area contributed by atoms with Crippen LogP contribution in [-0.2, 0) is 6.42 Å². The molecule has 0 amide bonds. The number of hydrogen-bond donors (Lipinski definition) is 1. The van der Waals surface area contributed by atoms with Gasteiger partial charge in [0.1, 0.15) is 5.75 Å². The maximum atomic E-state index is 10.7. The summed E-state index contributed by atoms with van der Waals surface area (Å²) in [5.41, 5.74) is 2.30. The lowest BCUT2D eigenvalue weighted by molar-refractivity contribution is 0.0323. The predicted molar refractivity (Wildman–Crippen MR) is 83.7 cm³/mol. The molecule has 1 aromatic rings. The summed E-state index contributed by atoms with van der Waals surface area (Å²) in [5, 5.41) is 10.7. The zero-order valence-electron chi connectivity index (χ0n) is 13.2. The molecule has 1 aliphatic heterocycles. The minimum atomic E-state index is -0.403. The molecule has 1 fully saturated rings. The first kappa shape index (κ1) is 14.8. The number of likely N-dealkylation sites (tertiary alicyclic amines) is 1. The molecule has 1 N–H and O–H groups in total. The molecule has 2 atom stereocenters. The summed E-state index contributed by atoms with van der Waals surface area (Å²) >= 11 is 0. The predicted octanol–water partition coefficient (Wildman–Crippen LogP) is 1.68. The summed E-state index contributed by atoms with van der Waals surface area (Å²) < 4.78 is 5.28. The van der Waals surface area contributed by atoms with Crippen molar-refractivity contribution < 1.29 is 9.84 Å². The molecule has 0 bridgehead atoms. The smallest absolute Gasteiger partial charge is 0.119 e. The van der Waals surface area contributed by atoms with Crippen LogP contribution in [0.15, 0.2) is 18.2 Å². The fraction of sp³-hybridized carbons (Fsp3) is 0.647. The number of piperidine rings is 1. The van der Waals surface area contributed by atoms with Crippen molar-refractivity contribution in [2.45, 2.75) is 37.5 Å². The van der Waals surface area contributed by atoms with Crippen LogP contribution in [0.2, 0.25) is 0 Å². The number of ether oxygens (including phenoxy) is 1. The van der Waals surface area contributed by atoms with E-state index in [9.17, 15) is 5.11 Å². The van der Waals surface area contributed by atoms with Gasteiger partial charge in [0.2, 0.25) is 0 Å². The van der Waals surface area contributed by atoms with Crippen LogP contribution in [0.4, 0.5) is 0 Å². The Hall–Kier alpha value is -1.10. The molecule has 0 aromatic heterocycles. The van der Waals surface area contributed by atoms with E-state index in [1.807, 2.05) is 12.1 Å². The first-order valence-electron chi connectivity index (χ1n) is 7.85. The van der Waals surface area contributed by atoms with E-state index >= 15 is 0 Å². The lowest BCUT2D eigenvalue weighted by atomic mass is 10.0. The highest BCUT2D eigenvalue weighted by Gasteiger charge is 2.37. The zero-order chi connectivity index (χ0) is 15.0. The van der Waals surface area contributed by atoms with E-state index in [0.717, 1.165) is 30.8 Å². The van der Waals surface area contributed by atoms with Crippen molar-refractivity contribution in [2.75, 3.05) is 34.3 Å². The molecule has 0 spiro atoms. The minimum absolute atomic E-state index is 0.195. The standard InChI is InChI=1S/C17H26N2O2/c1-18-8-6-13(7-9-18)19(2)16-10-12-4-5-14(21-3)11-15(12)17(16)20/h4-5,11,13,16-17,20H,6-10H2,1-3H3. The lowest BCUT2D eigenvalue weighted by Crippen LogP contribution is -2.47. The van der Waals surface area contributed by atoms with E-state index in [4.69, 9.17) is 4.74 Å². The fourth-order valence-corrected chi connectivity index (χ4v) is 3.75. The van der Waals surface area contributed by atoms with Crippen LogP contribution in [0.1, 0.15) is 30.1 Å². The molecule has 1 aromatic carbocycles. The first-order chi connectivity index (χ1) is 10.1. The molecule has 1 saturated heterocycles. The Morgan fingerprint density at radius 1 is 1.29 bits per heavy atom. The number of nitrogens with zero attached hydrogens (tertiary/aromatic N) is 2. The largest absolute Gasteiger partial charge is 0.497 e. The van der Waals surface area contributed by atoms with Gasteiger partial charge in [-0.25, -0.2) is 0 Å². The zero-order valence-corrected chi connectivity index (χ0v) is 13.2. The van der Waals surface area contributed by atoms with Crippen molar-refractivity contribution in [1.82, 2.24) is 9.80 Å². The van der Waals surface area contributed by atoms with Crippen LogP contribution in [0, 0.1) is 0 Å². The first-order valence-corrected chi connectivity index (χ1v) is 7.85. The average Bonchev–Trinajstić information content (AvgIpc) is 2.84. The highest BCUT2D eigenvalue weighted by molar-refractivity contribution is 5.41. The third kappa shape index (κ3) is 2.80. The van der Waals surface area contributed by atoms with Gasteiger partial charge >= 0.3 is 0 Å². The van der Waals surface area contributed by atoms with E-state index in [-0.39, 0.29) is 6.04 Å². The van der Waals surface area contributed by atoms with Gasteiger partial charge in [0.15, 0.2) is 0 Å². The highest BCUT2D eigenvalue weighted by Crippen LogP contribution is 2.37. The number of aliphatic hydroxyl groups excluding tert-OH is 1. The second-order valence-corrected chi connectivity index (χ2v) is 6.48. The van der Waals surface area contributed by atoms with E-state index < -0.39 is 6.10 Å². The number of methoxy groups -OCH3 is 1. The van der Waals surface area contributed by atoms with E-state index in [0.29, 0.717) is 6.04 Å². The average molecular weight is 290 g/mol. The Morgan fingerprint density at radius 2 is 2.00 bits per heavy atom. The van der Waals surface area contributed by atoms with Gasteiger partial charge in [-0.2, -0.15) is 0 Å². The second kappa shape index (κ2) is 5.95. The molecule has 1 heterocycles. The lowest BCUT2D eigenvalue weighted by Gasteiger charge is -2.39. The van der Waals surface area contributed by atoms with Gasteiger partial charge in [-0.15, -0.1) is 0 Å².